The molecule has 1 amide bonds. The molecule has 2 heterocycles. The Bertz CT molecular complexity index is 1020. The van der Waals surface area contributed by atoms with Crippen LogP contribution in [0.2, 0.25) is 0 Å². The number of methoxy groups -OCH3 is 1. The van der Waals surface area contributed by atoms with E-state index in [4.69, 9.17) is 0 Å². The van der Waals surface area contributed by atoms with Crippen molar-refractivity contribution in [1.82, 2.24) is 9.97 Å². The zero-order chi connectivity index (χ0) is 20.1. The number of ether oxygens (including phenoxy) is 1. The fourth-order valence-corrected chi connectivity index (χ4v) is 3.02. The summed E-state index contributed by atoms with van der Waals surface area (Å²) >= 11 is 1.02. The molecule has 1 aromatic carbocycles. The molecule has 6 nitrogen and oxygen atoms in total. The number of hydrogen-bond donors (Lipinski definition) is 2. The topological polar surface area (TPSA) is 76.1 Å². The maximum Gasteiger partial charge on any atom is 0.412 e. The molecule has 2 N–H and O–H groups in total. The number of rotatable bonds is 5. The van der Waals surface area contributed by atoms with Crippen molar-refractivity contribution in [2.45, 2.75) is 11.8 Å². The van der Waals surface area contributed by atoms with Crippen LogP contribution in [-0.2, 0) is 4.74 Å². The van der Waals surface area contributed by atoms with Crippen LogP contribution >= 0.6 is 11.9 Å². The summed E-state index contributed by atoms with van der Waals surface area (Å²) in [4.78, 5) is 20.0. The van der Waals surface area contributed by atoms with E-state index in [1.807, 2.05) is 13.0 Å². The van der Waals surface area contributed by atoms with E-state index in [9.17, 15) is 13.6 Å². The van der Waals surface area contributed by atoms with Crippen LogP contribution in [0.3, 0.4) is 0 Å². The van der Waals surface area contributed by atoms with Crippen LogP contribution < -0.4 is 10.0 Å². The third kappa shape index (κ3) is 4.74. The first-order valence-electron chi connectivity index (χ1n) is 8.12. The molecule has 3 rings (SSSR count). The van der Waals surface area contributed by atoms with Crippen LogP contribution in [-0.4, -0.2) is 23.2 Å². The van der Waals surface area contributed by atoms with Gasteiger partial charge in [0.05, 0.1) is 23.4 Å². The Hall–Kier alpha value is -3.20. The maximum absolute atomic E-state index is 13.8. The standard InChI is InChI=1S/C19H16F2N4O2S/c1-11-16(25-28-17-4-3-14(20)9-15(17)21)7-13(10-23-11)12-5-6-22-18(8-12)24-19(26)27-2/h3-10,25H,1-2H3,(H,22,24,26). The van der Waals surface area contributed by atoms with Gasteiger partial charge in [0.2, 0.25) is 0 Å². The number of benzene rings is 1. The summed E-state index contributed by atoms with van der Waals surface area (Å²) in [7, 11) is 1.27. The van der Waals surface area contributed by atoms with Crippen molar-refractivity contribution in [2.75, 3.05) is 17.1 Å². The molecule has 0 aliphatic rings. The smallest absolute Gasteiger partial charge is 0.412 e. The third-order valence-electron chi connectivity index (χ3n) is 3.76. The van der Waals surface area contributed by atoms with Gasteiger partial charge in [-0.2, -0.15) is 0 Å². The highest BCUT2D eigenvalue weighted by Crippen LogP contribution is 2.29. The van der Waals surface area contributed by atoms with Gasteiger partial charge in [0.15, 0.2) is 0 Å². The van der Waals surface area contributed by atoms with E-state index in [-0.39, 0.29) is 4.90 Å². The molecule has 0 unspecified atom stereocenters. The minimum Gasteiger partial charge on any atom is -0.453 e. The molecule has 2 aromatic heterocycles. The number of aryl methyl sites for hydroxylation is 1. The lowest BCUT2D eigenvalue weighted by Gasteiger charge is -2.11. The lowest BCUT2D eigenvalue weighted by molar-refractivity contribution is 0.187. The second-order valence-corrected chi connectivity index (χ2v) is 6.53. The molecule has 0 fully saturated rings. The van der Waals surface area contributed by atoms with Crippen LogP contribution in [0.25, 0.3) is 11.1 Å². The Morgan fingerprint density at radius 2 is 1.93 bits per heavy atom. The molecule has 0 radical (unpaired) electrons. The van der Waals surface area contributed by atoms with Gasteiger partial charge in [-0.3, -0.25) is 10.3 Å². The van der Waals surface area contributed by atoms with Gasteiger partial charge in [-0.15, -0.1) is 0 Å². The molecular formula is C19H16F2N4O2S. The number of amides is 1. The van der Waals surface area contributed by atoms with E-state index in [1.54, 1.807) is 24.5 Å². The summed E-state index contributed by atoms with van der Waals surface area (Å²) in [6, 6.07) is 8.68. The third-order valence-corrected chi connectivity index (χ3v) is 4.63. The Kier molecular flexibility index (Phi) is 6.05. The molecule has 0 aliphatic heterocycles. The van der Waals surface area contributed by atoms with E-state index in [1.165, 1.54) is 19.2 Å². The van der Waals surface area contributed by atoms with Gasteiger partial charge in [0.1, 0.15) is 17.5 Å². The van der Waals surface area contributed by atoms with E-state index in [0.717, 1.165) is 29.1 Å². The average molecular weight is 402 g/mol. The number of aromatic nitrogens is 2. The van der Waals surface area contributed by atoms with Crippen molar-refractivity contribution in [3.05, 3.63) is 66.1 Å². The van der Waals surface area contributed by atoms with Crippen molar-refractivity contribution in [3.63, 3.8) is 0 Å². The number of pyridine rings is 2. The van der Waals surface area contributed by atoms with Crippen molar-refractivity contribution < 1.29 is 18.3 Å². The van der Waals surface area contributed by atoms with Gasteiger partial charge in [0, 0.05) is 24.0 Å². The van der Waals surface area contributed by atoms with Gasteiger partial charge in [-0.1, -0.05) is 0 Å². The van der Waals surface area contributed by atoms with E-state index in [2.05, 4.69) is 24.7 Å². The number of halogens is 2. The molecule has 0 bridgehead atoms. The van der Waals surface area contributed by atoms with Crippen LogP contribution in [0.1, 0.15) is 5.69 Å². The Morgan fingerprint density at radius 3 is 2.68 bits per heavy atom. The summed E-state index contributed by atoms with van der Waals surface area (Å²) in [6.45, 7) is 1.81. The van der Waals surface area contributed by atoms with E-state index < -0.39 is 17.7 Å². The number of nitrogens with zero attached hydrogens (tertiary/aromatic N) is 2. The van der Waals surface area contributed by atoms with Gasteiger partial charge in [0.25, 0.3) is 0 Å². The second kappa shape index (κ2) is 8.66. The van der Waals surface area contributed by atoms with Gasteiger partial charge >= 0.3 is 6.09 Å². The van der Waals surface area contributed by atoms with Crippen LogP contribution in [0.4, 0.5) is 25.1 Å². The molecule has 0 atom stereocenters. The highest BCUT2D eigenvalue weighted by atomic mass is 32.2. The van der Waals surface area contributed by atoms with E-state index in [0.29, 0.717) is 17.2 Å². The van der Waals surface area contributed by atoms with Crippen LogP contribution in [0, 0.1) is 18.6 Å². The van der Waals surface area contributed by atoms with Crippen LogP contribution in [0.15, 0.2) is 53.7 Å². The highest BCUT2D eigenvalue weighted by Gasteiger charge is 2.09. The summed E-state index contributed by atoms with van der Waals surface area (Å²) in [6.07, 6.45) is 2.61. The first kappa shape index (κ1) is 19.6. The molecule has 0 saturated carbocycles. The largest absolute Gasteiger partial charge is 0.453 e. The lowest BCUT2D eigenvalue weighted by atomic mass is 10.1. The number of carbonyl (C=O) groups excluding carboxylic acids is 1. The predicted octanol–water partition coefficient (Wildman–Crippen LogP) is 5.03. The Labute approximate surface area is 164 Å². The molecular weight excluding hydrogens is 386 g/mol. The zero-order valence-corrected chi connectivity index (χ0v) is 15.8. The summed E-state index contributed by atoms with van der Waals surface area (Å²) < 4.78 is 34.4. The summed E-state index contributed by atoms with van der Waals surface area (Å²) in [5.41, 5.74) is 2.92. The molecule has 28 heavy (non-hydrogen) atoms. The summed E-state index contributed by atoms with van der Waals surface area (Å²) in [5.74, 6) is -0.940. The fourth-order valence-electron chi connectivity index (χ4n) is 2.30. The second-order valence-electron chi connectivity index (χ2n) is 5.68. The molecule has 0 saturated heterocycles. The maximum atomic E-state index is 13.8. The van der Waals surface area contributed by atoms with Gasteiger partial charge in [-0.25, -0.2) is 18.6 Å². The molecule has 9 heteroatoms. The minimum atomic E-state index is -0.646. The minimum absolute atomic E-state index is 0.264. The monoisotopic (exact) mass is 402 g/mol. The van der Waals surface area contributed by atoms with E-state index >= 15 is 0 Å². The number of anilines is 2. The SMILES string of the molecule is COC(=O)Nc1cc(-c2cnc(C)c(NSc3ccc(F)cc3F)c2)ccn1. The average Bonchev–Trinajstić information content (AvgIpc) is 2.68. The van der Waals surface area contributed by atoms with Crippen molar-refractivity contribution in [1.29, 1.82) is 0 Å². The lowest BCUT2D eigenvalue weighted by Crippen LogP contribution is -2.11. The first-order chi connectivity index (χ1) is 13.5. The number of hydrogen-bond acceptors (Lipinski definition) is 6. The molecule has 144 valence electrons. The number of nitrogens with one attached hydrogen (secondary N) is 2. The fraction of sp³-hybridized carbons (Fsp3) is 0.105. The van der Waals surface area contributed by atoms with Gasteiger partial charge < -0.3 is 9.46 Å². The van der Waals surface area contributed by atoms with Crippen molar-refractivity contribution >= 4 is 29.5 Å². The normalized spacial score (nSPS) is 10.4. The number of carbonyl (C=O) groups is 1. The van der Waals surface area contributed by atoms with Crippen LogP contribution in [0.5, 0.6) is 0 Å². The molecule has 3 aromatic rings. The first-order valence-corrected chi connectivity index (χ1v) is 8.94. The quantitative estimate of drug-likeness (QED) is 0.583. The Morgan fingerprint density at radius 1 is 1.11 bits per heavy atom. The van der Waals surface area contributed by atoms with Crippen molar-refractivity contribution in [3.8, 4) is 11.1 Å². The molecule has 0 aliphatic carbocycles. The van der Waals surface area contributed by atoms with Crippen molar-refractivity contribution in [2.24, 2.45) is 0 Å². The Balaban J connectivity index is 1.81. The summed E-state index contributed by atoms with van der Waals surface area (Å²) in [5, 5.41) is 2.50. The zero-order valence-electron chi connectivity index (χ0n) is 15.0. The predicted molar refractivity (Wildman–Crippen MR) is 104 cm³/mol. The molecule has 0 spiro atoms. The highest BCUT2D eigenvalue weighted by molar-refractivity contribution is 8.00. The van der Waals surface area contributed by atoms with Gasteiger partial charge in [-0.05, 0) is 54.8 Å².